The standard InChI is InChI=1S/C20H23BrN2O3/c1-20(2,3)26-19(25)23(16-11-9-15(21)10-12-16)17(18(22)24)13-14-7-5-4-6-8-14/h4-12,17H,13H2,1-3H3,(H2,22,24)/t17-/m1/s1. The molecule has 2 rings (SSSR count). The average molecular weight is 419 g/mol. The van der Waals surface area contributed by atoms with Crippen molar-refractivity contribution in [1.82, 2.24) is 0 Å². The Hall–Kier alpha value is -2.34. The first kappa shape index (κ1) is 20.0. The van der Waals surface area contributed by atoms with Crippen molar-refractivity contribution < 1.29 is 14.3 Å². The van der Waals surface area contributed by atoms with Gasteiger partial charge < -0.3 is 10.5 Å². The molecule has 2 amide bonds. The van der Waals surface area contributed by atoms with E-state index in [1.54, 1.807) is 45.0 Å². The van der Waals surface area contributed by atoms with E-state index in [0.29, 0.717) is 12.1 Å². The van der Waals surface area contributed by atoms with E-state index in [2.05, 4.69) is 15.9 Å². The number of nitrogens with two attached hydrogens (primary N) is 1. The molecular formula is C20H23BrN2O3. The Bertz CT molecular complexity index is 755. The Morgan fingerprint density at radius 2 is 1.65 bits per heavy atom. The van der Waals surface area contributed by atoms with Gasteiger partial charge in [-0.2, -0.15) is 0 Å². The number of amides is 2. The summed E-state index contributed by atoms with van der Waals surface area (Å²) in [6.45, 7) is 5.34. The lowest BCUT2D eigenvalue weighted by atomic mass is 10.0. The number of hydrogen-bond acceptors (Lipinski definition) is 3. The minimum atomic E-state index is -0.867. The lowest BCUT2D eigenvalue weighted by Crippen LogP contribution is -2.51. The van der Waals surface area contributed by atoms with E-state index in [1.807, 2.05) is 30.3 Å². The molecule has 0 aromatic heterocycles. The van der Waals surface area contributed by atoms with Crippen LogP contribution in [-0.4, -0.2) is 23.6 Å². The molecule has 0 saturated carbocycles. The van der Waals surface area contributed by atoms with Gasteiger partial charge in [0.15, 0.2) is 0 Å². The number of halogens is 1. The molecule has 0 aliphatic heterocycles. The van der Waals surface area contributed by atoms with Crippen LogP contribution in [0.2, 0.25) is 0 Å². The zero-order valence-corrected chi connectivity index (χ0v) is 16.7. The number of primary amides is 1. The maximum absolute atomic E-state index is 12.9. The molecule has 0 unspecified atom stereocenters. The van der Waals surface area contributed by atoms with Gasteiger partial charge in [-0.15, -0.1) is 0 Å². The van der Waals surface area contributed by atoms with Gasteiger partial charge >= 0.3 is 6.09 Å². The zero-order chi connectivity index (χ0) is 19.3. The van der Waals surface area contributed by atoms with Crippen LogP contribution < -0.4 is 10.6 Å². The highest BCUT2D eigenvalue weighted by Crippen LogP contribution is 2.24. The Balaban J connectivity index is 2.43. The summed E-state index contributed by atoms with van der Waals surface area (Å²) in [5.41, 5.74) is 6.41. The molecular weight excluding hydrogens is 396 g/mol. The summed E-state index contributed by atoms with van der Waals surface area (Å²) < 4.78 is 6.39. The van der Waals surface area contributed by atoms with Crippen LogP contribution in [0.5, 0.6) is 0 Å². The van der Waals surface area contributed by atoms with Crippen molar-refractivity contribution in [2.75, 3.05) is 4.90 Å². The third-order valence-corrected chi connectivity index (χ3v) is 4.14. The predicted molar refractivity (Wildman–Crippen MR) is 106 cm³/mol. The Kier molecular flexibility index (Phi) is 6.42. The molecule has 26 heavy (non-hydrogen) atoms. The summed E-state index contributed by atoms with van der Waals surface area (Å²) in [6, 6.07) is 15.7. The van der Waals surface area contributed by atoms with Crippen molar-refractivity contribution in [2.45, 2.75) is 38.8 Å². The van der Waals surface area contributed by atoms with Crippen molar-refractivity contribution in [3.05, 3.63) is 64.6 Å². The number of rotatable bonds is 5. The zero-order valence-electron chi connectivity index (χ0n) is 15.1. The normalized spacial score (nSPS) is 12.3. The van der Waals surface area contributed by atoms with E-state index in [-0.39, 0.29) is 0 Å². The van der Waals surface area contributed by atoms with Crippen LogP contribution in [0.3, 0.4) is 0 Å². The number of hydrogen-bond donors (Lipinski definition) is 1. The second kappa shape index (κ2) is 8.36. The minimum absolute atomic E-state index is 0.297. The quantitative estimate of drug-likeness (QED) is 0.786. The molecule has 5 nitrogen and oxygen atoms in total. The summed E-state index contributed by atoms with van der Waals surface area (Å²) in [6.07, 6.45) is -0.314. The second-order valence-electron chi connectivity index (χ2n) is 6.93. The van der Waals surface area contributed by atoms with Gasteiger partial charge in [0.05, 0.1) is 0 Å². The molecule has 0 aliphatic rings. The largest absolute Gasteiger partial charge is 0.443 e. The highest BCUT2D eigenvalue weighted by molar-refractivity contribution is 9.10. The maximum atomic E-state index is 12.9. The monoisotopic (exact) mass is 418 g/mol. The summed E-state index contributed by atoms with van der Waals surface area (Å²) in [4.78, 5) is 26.4. The fourth-order valence-corrected chi connectivity index (χ4v) is 2.75. The van der Waals surface area contributed by atoms with E-state index in [9.17, 15) is 9.59 Å². The molecule has 0 bridgehead atoms. The molecule has 0 fully saturated rings. The molecule has 2 aromatic carbocycles. The summed E-state index contributed by atoms with van der Waals surface area (Å²) in [7, 11) is 0. The molecule has 0 radical (unpaired) electrons. The molecule has 6 heteroatoms. The smallest absolute Gasteiger partial charge is 0.415 e. The van der Waals surface area contributed by atoms with Gasteiger partial charge in [0.1, 0.15) is 11.6 Å². The van der Waals surface area contributed by atoms with Crippen LogP contribution in [0.25, 0.3) is 0 Å². The third kappa shape index (κ3) is 5.59. The second-order valence-corrected chi connectivity index (χ2v) is 7.85. The van der Waals surface area contributed by atoms with Gasteiger partial charge in [-0.3, -0.25) is 9.69 Å². The molecule has 2 aromatic rings. The fraction of sp³-hybridized carbons (Fsp3) is 0.300. The molecule has 0 saturated heterocycles. The molecule has 2 N–H and O–H groups in total. The Morgan fingerprint density at radius 1 is 1.08 bits per heavy atom. The Labute approximate surface area is 162 Å². The number of anilines is 1. The SMILES string of the molecule is CC(C)(C)OC(=O)N(c1ccc(Br)cc1)[C@H](Cc1ccccc1)C(N)=O. The predicted octanol–water partition coefficient (Wildman–Crippen LogP) is 4.29. The number of ether oxygens (including phenoxy) is 1. The van der Waals surface area contributed by atoms with E-state index >= 15 is 0 Å². The summed E-state index contributed by atoms with van der Waals surface area (Å²) in [5, 5.41) is 0. The first-order chi connectivity index (χ1) is 12.2. The van der Waals surface area contributed by atoms with Crippen LogP contribution in [0, 0.1) is 0 Å². The minimum Gasteiger partial charge on any atom is -0.443 e. The van der Waals surface area contributed by atoms with Crippen LogP contribution in [0.15, 0.2) is 59.1 Å². The van der Waals surface area contributed by atoms with Gasteiger partial charge in [-0.1, -0.05) is 46.3 Å². The van der Waals surface area contributed by atoms with Crippen molar-refractivity contribution in [3.8, 4) is 0 Å². The Morgan fingerprint density at radius 3 is 2.15 bits per heavy atom. The van der Waals surface area contributed by atoms with Crippen molar-refractivity contribution in [1.29, 1.82) is 0 Å². The highest BCUT2D eigenvalue weighted by Gasteiger charge is 2.33. The van der Waals surface area contributed by atoms with Gasteiger partial charge in [0.2, 0.25) is 5.91 Å². The lowest BCUT2D eigenvalue weighted by molar-refractivity contribution is -0.119. The van der Waals surface area contributed by atoms with Gasteiger partial charge in [0.25, 0.3) is 0 Å². The number of nitrogens with zero attached hydrogens (tertiary/aromatic N) is 1. The molecule has 138 valence electrons. The first-order valence-corrected chi connectivity index (χ1v) is 9.08. The topological polar surface area (TPSA) is 72.6 Å². The van der Waals surface area contributed by atoms with Crippen molar-refractivity contribution in [3.63, 3.8) is 0 Å². The number of benzene rings is 2. The van der Waals surface area contributed by atoms with Gasteiger partial charge in [-0.25, -0.2) is 4.79 Å². The average Bonchev–Trinajstić information content (AvgIpc) is 2.55. The van der Waals surface area contributed by atoms with Gasteiger partial charge in [0, 0.05) is 16.6 Å². The van der Waals surface area contributed by atoms with E-state index in [0.717, 1.165) is 10.0 Å². The van der Waals surface area contributed by atoms with Crippen LogP contribution in [0.4, 0.5) is 10.5 Å². The summed E-state index contributed by atoms with van der Waals surface area (Å²) in [5.74, 6) is -0.595. The molecule has 0 heterocycles. The van der Waals surface area contributed by atoms with E-state index < -0.39 is 23.6 Å². The van der Waals surface area contributed by atoms with Crippen molar-refractivity contribution >= 4 is 33.6 Å². The van der Waals surface area contributed by atoms with Crippen LogP contribution in [-0.2, 0) is 16.0 Å². The third-order valence-electron chi connectivity index (χ3n) is 3.61. The molecule has 1 atom stereocenters. The molecule has 0 spiro atoms. The number of carbonyl (C=O) groups excluding carboxylic acids is 2. The first-order valence-electron chi connectivity index (χ1n) is 8.28. The number of carbonyl (C=O) groups is 2. The maximum Gasteiger partial charge on any atom is 0.415 e. The van der Waals surface area contributed by atoms with Gasteiger partial charge in [-0.05, 0) is 50.6 Å². The van der Waals surface area contributed by atoms with E-state index in [4.69, 9.17) is 10.5 Å². The lowest BCUT2D eigenvalue weighted by Gasteiger charge is -2.32. The van der Waals surface area contributed by atoms with Crippen LogP contribution in [0.1, 0.15) is 26.3 Å². The molecule has 0 aliphatic carbocycles. The van der Waals surface area contributed by atoms with E-state index in [1.165, 1.54) is 4.90 Å². The van der Waals surface area contributed by atoms with Crippen molar-refractivity contribution in [2.24, 2.45) is 5.73 Å². The highest BCUT2D eigenvalue weighted by atomic mass is 79.9. The van der Waals surface area contributed by atoms with Crippen LogP contribution >= 0.6 is 15.9 Å². The fourth-order valence-electron chi connectivity index (χ4n) is 2.48. The summed E-state index contributed by atoms with van der Waals surface area (Å²) >= 11 is 3.37.